The number of nitrogens with zero attached hydrogens (tertiary/aromatic N) is 4. The molecule has 0 aliphatic carbocycles. The average molecular weight is 227 g/mol. The van der Waals surface area contributed by atoms with Crippen molar-refractivity contribution in [1.82, 2.24) is 24.7 Å². The topological polar surface area (TPSA) is 59.4 Å². The van der Waals surface area contributed by atoms with Gasteiger partial charge in [-0.25, -0.2) is 18.7 Å². The van der Waals surface area contributed by atoms with Gasteiger partial charge in [-0.1, -0.05) is 0 Å². The molecule has 5 nitrogen and oxygen atoms in total. The average Bonchev–Trinajstić information content (AvgIpc) is 2.73. The molecule has 0 amide bonds. The van der Waals surface area contributed by atoms with Crippen LogP contribution in [-0.2, 0) is 6.54 Å². The predicted molar refractivity (Wildman–Crippen MR) is 53.1 cm³/mol. The fourth-order valence-corrected chi connectivity index (χ4v) is 1.51. The molecular weight excluding hydrogens is 216 g/mol. The lowest BCUT2D eigenvalue weighted by Gasteiger charge is -2.04. The van der Waals surface area contributed by atoms with E-state index < -0.39 is 13.0 Å². The number of hydrogen-bond donors (Lipinski definition) is 1. The van der Waals surface area contributed by atoms with E-state index in [-0.39, 0.29) is 0 Å². The van der Waals surface area contributed by atoms with E-state index >= 15 is 0 Å². The molecule has 0 aliphatic rings. The Morgan fingerprint density at radius 3 is 2.75 bits per heavy atom. The third-order valence-electron chi connectivity index (χ3n) is 2.16. The van der Waals surface area contributed by atoms with Gasteiger partial charge in [0.05, 0.1) is 18.6 Å². The largest absolute Gasteiger partial charge is 0.322 e. The molecule has 0 atom stereocenters. The number of hydrogen-bond acceptors (Lipinski definition) is 3. The van der Waals surface area contributed by atoms with Crippen molar-refractivity contribution in [3.8, 4) is 11.5 Å². The molecule has 7 heteroatoms. The highest BCUT2D eigenvalue weighted by Crippen LogP contribution is 2.19. The van der Waals surface area contributed by atoms with Gasteiger partial charge in [0.2, 0.25) is 0 Å². The van der Waals surface area contributed by atoms with E-state index in [9.17, 15) is 8.78 Å². The van der Waals surface area contributed by atoms with E-state index in [1.54, 1.807) is 13.8 Å². The molecule has 2 rings (SSSR count). The Morgan fingerprint density at radius 2 is 2.19 bits per heavy atom. The van der Waals surface area contributed by atoms with Crippen molar-refractivity contribution in [1.29, 1.82) is 0 Å². The second-order valence-corrected chi connectivity index (χ2v) is 3.47. The zero-order valence-electron chi connectivity index (χ0n) is 8.91. The first-order valence-corrected chi connectivity index (χ1v) is 4.77. The molecule has 2 heterocycles. The van der Waals surface area contributed by atoms with Crippen molar-refractivity contribution >= 4 is 0 Å². The highest BCUT2D eigenvalue weighted by Gasteiger charge is 2.16. The number of alkyl halides is 2. The number of aryl methyl sites for hydroxylation is 2. The first-order valence-electron chi connectivity index (χ1n) is 4.77. The Kier molecular flexibility index (Phi) is 2.67. The molecule has 0 aromatic carbocycles. The van der Waals surface area contributed by atoms with Crippen LogP contribution < -0.4 is 0 Å². The summed E-state index contributed by atoms with van der Waals surface area (Å²) in [6.07, 6.45) is -1.05. The molecule has 16 heavy (non-hydrogen) atoms. The molecule has 0 aliphatic heterocycles. The van der Waals surface area contributed by atoms with E-state index in [1.165, 1.54) is 10.9 Å². The molecule has 0 fully saturated rings. The summed E-state index contributed by atoms with van der Waals surface area (Å²) in [6.45, 7) is 3.09. The van der Waals surface area contributed by atoms with Crippen LogP contribution in [0.3, 0.4) is 0 Å². The van der Waals surface area contributed by atoms with E-state index in [4.69, 9.17) is 0 Å². The fraction of sp³-hybridized carbons (Fsp3) is 0.444. The first-order chi connectivity index (χ1) is 7.58. The van der Waals surface area contributed by atoms with Crippen molar-refractivity contribution in [3.05, 3.63) is 17.8 Å². The van der Waals surface area contributed by atoms with Crippen LogP contribution >= 0.6 is 0 Å². The summed E-state index contributed by atoms with van der Waals surface area (Å²) >= 11 is 0. The summed E-state index contributed by atoms with van der Waals surface area (Å²) < 4.78 is 26.0. The lowest BCUT2D eigenvalue weighted by atomic mass is 10.3. The van der Waals surface area contributed by atoms with Gasteiger partial charge in [-0.2, -0.15) is 5.10 Å². The van der Waals surface area contributed by atoms with Crippen molar-refractivity contribution in [2.24, 2.45) is 0 Å². The molecule has 0 bridgehead atoms. The van der Waals surface area contributed by atoms with Crippen LogP contribution in [0.2, 0.25) is 0 Å². The van der Waals surface area contributed by atoms with Crippen LogP contribution in [0.1, 0.15) is 11.5 Å². The fourth-order valence-electron chi connectivity index (χ4n) is 1.51. The van der Waals surface area contributed by atoms with Crippen molar-refractivity contribution in [3.63, 3.8) is 0 Å². The third-order valence-corrected chi connectivity index (χ3v) is 2.16. The third kappa shape index (κ3) is 1.93. The minimum absolute atomic E-state index is 0.396. The van der Waals surface area contributed by atoms with Crippen LogP contribution in [0, 0.1) is 13.8 Å². The molecular formula is C9H11F2N5. The van der Waals surface area contributed by atoms with Crippen LogP contribution in [0.25, 0.3) is 11.5 Å². The Hall–Kier alpha value is -1.79. The standard InChI is InChI=1S/C9H11F2N5/c1-5-8(9-13-6(2)14-15-9)16(4-12-5)3-7(10)11/h4,7H,3H2,1-2H3,(H,13,14,15). The molecule has 0 unspecified atom stereocenters. The van der Waals surface area contributed by atoms with Gasteiger partial charge in [-0.05, 0) is 13.8 Å². The van der Waals surface area contributed by atoms with E-state index in [1.807, 2.05) is 0 Å². The first kappa shape index (κ1) is 10.7. The number of aromatic amines is 1. The summed E-state index contributed by atoms with van der Waals surface area (Å²) in [5.74, 6) is 1.03. The van der Waals surface area contributed by atoms with Crippen molar-refractivity contribution < 1.29 is 8.78 Å². The van der Waals surface area contributed by atoms with E-state index in [0.29, 0.717) is 23.0 Å². The van der Waals surface area contributed by atoms with E-state index in [0.717, 1.165) is 0 Å². The minimum atomic E-state index is -2.42. The maximum Gasteiger partial charge on any atom is 0.256 e. The van der Waals surface area contributed by atoms with E-state index in [2.05, 4.69) is 20.2 Å². The lowest BCUT2D eigenvalue weighted by molar-refractivity contribution is 0.127. The van der Waals surface area contributed by atoms with Gasteiger partial charge in [0.25, 0.3) is 6.43 Å². The summed E-state index contributed by atoms with van der Waals surface area (Å²) in [5.41, 5.74) is 1.17. The monoisotopic (exact) mass is 227 g/mol. The Morgan fingerprint density at radius 1 is 1.44 bits per heavy atom. The number of rotatable bonds is 3. The highest BCUT2D eigenvalue weighted by molar-refractivity contribution is 5.52. The van der Waals surface area contributed by atoms with Crippen LogP contribution in [0.4, 0.5) is 8.78 Å². The smallest absolute Gasteiger partial charge is 0.256 e. The highest BCUT2D eigenvalue weighted by atomic mass is 19.3. The van der Waals surface area contributed by atoms with Gasteiger partial charge in [-0.3, -0.25) is 5.10 Å². The van der Waals surface area contributed by atoms with Gasteiger partial charge < -0.3 is 4.57 Å². The SMILES string of the molecule is Cc1nc(-c2c(C)ncn2CC(F)F)n[nH]1. The van der Waals surface area contributed by atoms with Crippen molar-refractivity contribution in [2.45, 2.75) is 26.8 Å². The Labute approximate surface area is 90.5 Å². The molecule has 86 valence electrons. The molecule has 0 saturated carbocycles. The molecule has 0 spiro atoms. The zero-order valence-corrected chi connectivity index (χ0v) is 8.91. The molecule has 2 aromatic rings. The van der Waals surface area contributed by atoms with Gasteiger partial charge in [-0.15, -0.1) is 0 Å². The van der Waals surface area contributed by atoms with Gasteiger partial charge in [0, 0.05) is 0 Å². The number of halogens is 2. The quantitative estimate of drug-likeness (QED) is 0.865. The normalized spacial score (nSPS) is 11.3. The number of nitrogens with one attached hydrogen (secondary N) is 1. The molecule has 0 saturated heterocycles. The maximum atomic E-state index is 12.3. The second-order valence-electron chi connectivity index (χ2n) is 3.47. The zero-order chi connectivity index (χ0) is 11.7. The lowest BCUT2D eigenvalue weighted by Crippen LogP contribution is -2.07. The summed E-state index contributed by atoms with van der Waals surface area (Å²) in [6, 6.07) is 0. The predicted octanol–water partition coefficient (Wildman–Crippen LogP) is 1.55. The second kappa shape index (κ2) is 3.99. The minimum Gasteiger partial charge on any atom is -0.322 e. The Bertz CT molecular complexity index is 488. The van der Waals surface area contributed by atoms with Gasteiger partial charge in [0.1, 0.15) is 11.5 Å². The number of aromatic nitrogens is 5. The number of imidazole rings is 1. The maximum absolute atomic E-state index is 12.3. The van der Waals surface area contributed by atoms with Gasteiger partial charge in [0.15, 0.2) is 5.82 Å². The Balaban J connectivity index is 2.42. The summed E-state index contributed by atoms with van der Waals surface area (Å²) in [5, 5.41) is 6.62. The van der Waals surface area contributed by atoms with Crippen LogP contribution in [-0.4, -0.2) is 31.2 Å². The van der Waals surface area contributed by atoms with Crippen LogP contribution in [0.15, 0.2) is 6.33 Å². The van der Waals surface area contributed by atoms with Crippen molar-refractivity contribution in [2.75, 3.05) is 0 Å². The molecule has 0 radical (unpaired) electrons. The summed E-state index contributed by atoms with van der Waals surface area (Å²) in [7, 11) is 0. The van der Waals surface area contributed by atoms with Gasteiger partial charge >= 0.3 is 0 Å². The summed E-state index contributed by atoms with van der Waals surface area (Å²) in [4.78, 5) is 8.10. The number of H-pyrrole nitrogens is 1. The molecule has 1 N–H and O–H groups in total. The molecule has 2 aromatic heterocycles. The van der Waals surface area contributed by atoms with Crippen LogP contribution in [0.5, 0.6) is 0 Å².